The van der Waals surface area contributed by atoms with Gasteiger partial charge in [0.2, 0.25) is 0 Å². The third kappa shape index (κ3) is 4.25. The van der Waals surface area contributed by atoms with Gasteiger partial charge in [0.1, 0.15) is 9.28 Å². The van der Waals surface area contributed by atoms with Crippen molar-refractivity contribution < 1.29 is 4.43 Å². The molecule has 1 saturated heterocycles. The molecule has 1 heterocycles. The summed E-state index contributed by atoms with van der Waals surface area (Å²) in [7, 11) is 0.445. The van der Waals surface area contributed by atoms with Crippen LogP contribution in [-0.4, -0.2) is 32.8 Å². The molecule has 4 heteroatoms. The summed E-state index contributed by atoms with van der Waals surface area (Å²) < 4.78 is 5.54. The Morgan fingerprint density at radius 2 is 2.36 bits per heavy atom. The Labute approximate surface area is 75.9 Å². The normalized spacial score (nSPS) is 30.3. The Kier molecular flexibility index (Phi) is 4.66. The van der Waals surface area contributed by atoms with Crippen LogP contribution in [0, 0.1) is 5.92 Å². The van der Waals surface area contributed by atoms with Crippen LogP contribution < -0.4 is 0 Å². The Hall–Kier alpha value is 0.611. The van der Waals surface area contributed by atoms with Crippen LogP contribution in [0.3, 0.4) is 0 Å². The van der Waals surface area contributed by atoms with Gasteiger partial charge in [-0.25, -0.2) is 0 Å². The van der Waals surface area contributed by atoms with Gasteiger partial charge in [-0.1, -0.05) is 26.3 Å². The molecule has 1 unspecified atom stereocenters. The van der Waals surface area contributed by atoms with Gasteiger partial charge < -0.3 is 4.43 Å². The summed E-state index contributed by atoms with van der Waals surface area (Å²) in [6, 6.07) is 3.19. The lowest BCUT2D eigenvalue weighted by atomic mass is 10.2. The van der Waals surface area contributed by atoms with E-state index in [2.05, 4.69) is 13.8 Å². The molecule has 1 atom stereocenters. The first-order valence-electron chi connectivity index (χ1n) is 4.87. The average molecular weight is 204 g/mol. The van der Waals surface area contributed by atoms with Crippen LogP contribution in [0.25, 0.3) is 0 Å². The first-order valence-corrected chi connectivity index (χ1v) is 14.3. The molecule has 0 aromatic carbocycles. The summed E-state index contributed by atoms with van der Waals surface area (Å²) in [4.78, 5) is 0. The van der Waals surface area contributed by atoms with Crippen molar-refractivity contribution in [1.29, 1.82) is 0 Å². The standard InChI is InChI=1S/C7H20OSi3/c1-7(2)3-5-11-6-4-8-9-10-11/h7,11H,3-6,9-10H2,1-2H3. The number of hydrogen-bond donors (Lipinski definition) is 0. The SMILES string of the molecule is CC(C)CC[SiH]1CCO[SiH2][SiH2]1. The number of rotatable bonds is 3. The molecule has 1 aliphatic heterocycles. The highest BCUT2D eigenvalue weighted by Crippen LogP contribution is 2.11. The maximum atomic E-state index is 5.54. The second-order valence-corrected chi connectivity index (χ2v) is 19.9. The summed E-state index contributed by atoms with van der Waals surface area (Å²) in [5.74, 6) is 0.945. The van der Waals surface area contributed by atoms with Gasteiger partial charge in [-0.3, -0.25) is 0 Å². The van der Waals surface area contributed by atoms with Crippen molar-refractivity contribution in [2.24, 2.45) is 5.92 Å². The van der Waals surface area contributed by atoms with Crippen LogP contribution in [0.15, 0.2) is 0 Å². The minimum absolute atomic E-state index is 0.107. The van der Waals surface area contributed by atoms with Gasteiger partial charge in [-0.05, 0) is 12.0 Å². The first-order chi connectivity index (χ1) is 5.29. The van der Waals surface area contributed by atoms with E-state index in [4.69, 9.17) is 4.43 Å². The van der Waals surface area contributed by atoms with Crippen LogP contribution >= 0.6 is 0 Å². The lowest BCUT2D eigenvalue weighted by Crippen LogP contribution is -2.35. The highest BCUT2D eigenvalue weighted by atomic mass is 29.5. The Morgan fingerprint density at radius 3 is 2.91 bits per heavy atom. The fourth-order valence-electron chi connectivity index (χ4n) is 1.60. The molecule has 0 saturated carbocycles. The third-order valence-electron chi connectivity index (χ3n) is 2.49. The largest absolute Gasteiger partial charge is 0.428 e. The van der Waals surface area contributed by atoms with Crippen molar-refractivity contribution in [2.45, 2.75) is 32.4 Å². The molecule has 1 nitrogen and oxygen atoms in total. The summed E-state index contributed by atoms with van der Waals surface area (Å²) in [5.41, 5.74) is 0. The Balaban J connectivity index is 2.05. The van der Waals surface area contributed by atoms with Gasteiger partial charge in [-0.2, -0.15) is 0 Å². The lowest BCUT2D eigenvalue weighted by molar-refractivity contribution is 0.366. The van der Waals surface area contributed by atoms with Gasteiger partial charge in [0.25, 0.3) is 0 Å². The molecule has 0 N–H and O–H groups in total. The van der Waals surface area contributed by atoms with E-state index < -0.39 is 0 Å². The summed E-state index contributed by atoms with van der Waals surface area (Å²) in [6.45, 7) is 5.87. The molecule has 0 aliphatic carbocycles. The molecule has 0 spiro atoms. The minimum atomic E-state index is -0.107. The van der Waals surface area contributed by atoms with Gasteiger partial charge in [0, 0.05) is 23.5 Å². The summed E-state index contributed by atoms with van der Waals surface area (Å²) in [6.07, 6.45) is 1.51. The Bertz CT molecular complexity index is 102. The van der Waals surface area contributed by atoms with Crippen molar-refractivity contribution >= 4 is 26.1 Å². The second-order valence-electron chi connectivity index (χ2n) is 4.03. The van der Waals surface area contributed by atoms with Crippen molar-refractivity contribution in [3.8, 4) is 0 Å². The van der Waals surface area contributed by atoms with E-state index in [0.717, 1.165) is 12.5 Å². The second kappa shape index (κ2) is 5.29. The molecular formula is C7H20OSi3. The molecule has 0 radical (unpaired) electrons. The van der Waals surface area contributed by atoms with Crippen molar-refractivity contribution in [2.75, 3.05) is 6.61 Å². The fraction of sp³-hybridized carbons (Fsp3) is 1.00. The number of hydrogen-bond acceptors (Lipinski definition) is 1. The lowest BCUT2D eigenvalue weighted by Gasteiger charge is -2.20. The van der Waals surface area contributed by atoms with E-state index in [0.29, 0.717) is 8.55 Å². The predicted octanol–water partition coefficient (Wildman–Crippen LogP) is -0.0459. The third-order valence-corrected chi connectivity index (χ3v) is 22.3. The molecule has 0 aromatic rings. The molecule has 66 valence electrons. The highest BCUT2D eigenvalue weighted by molar-refractivity contribution is 7.35. The molecular weight excluding hydrogens is 184 g/mol. The smallest absolute Gasteiger partial charge is 0.140 e. The van der Waals surface area contributed by atoms with Crippen molar-refractivity contribution in [3.63, 3.8) is 0 Å². The molecule has 1 fully saturated rings. The van der Waals surface area contributed by atoms with Crippen LogP contribution in [0.2, 0.25) is 12.1 Å². The van der Waals surface area contributed by atoms with E-state index >= 15 is 0 Å². The predicted molar refractivity (Wildman–Crippen MR) is 59.3 cm³/mol. The van der Waals surface area contributed by atoms with Crippen LogP contribution in [-0.2, 0) is 4.43 Å². The topological polar surface area (TPSA) is 9.23 Å². The van der Waals surface area contributed by atoms with Gasteiger partial charge in [0.15, 0.2) is 0 Å². The highest BCUT2D eigenvalue weighted by Gasteiger charge is 2.15. The molecule has 0 amide bonds. The van der Waals surface area contributed by atoms with Crippen LogP contribution in [0.5, 0.6) is 0 Å². The van der Waals surface area contributed by atoms with Gasteiger partial charge in [0.05, 0.1) is 0 Å². The minimum Gasteiger partial charge on any atom is -0.428 e. The van der Waals surface area contributed by atoms with Crippen molar-refractivity contribution in [3.05, 3.63) is 0 Å². The molecule has 0 bridgehead atoms. The average Bonchev–Trinajstić information content (AvgIpc) is 2.03. The summed E-state index contributed by atoms with van der Waals surface area (Å²) >= 11 is 0. The summed E-state index contributed by atoms with van der Waals surface area (Å²) in [5, 5.41) is 0. The Morgan fingerprint density at radius 1 is 1.55 bits per heavy atom. The van der Waals surface area contributed by atoms with Gasteiger partial charge in [-0.15, -0.1) is 0 Å². The zero-order chi connectivity index (χ0) is 8.10. The van der Waals surface area contributed by atoms with E-state index in [1.807, 2.05) is 0 Å². The maximum absolute atomic E-state index is 5.54. The van der Waals surface area contributed by atoms with Crippen molar-refractivity contribution in [1.82, 2.24) is 0 Å². The van der Waals surface area contributed by atoms with Gasteiger partial charge >= 0.3 is 0 Å². The monoisotopic (exact) mass is 204 g/mol. The van der Waals surface area contributed by atoms with E-state index in [1.54, 1.807) is 6.04 Å². The van der Waals surface area contributed by atoms with Crippen LogP contribution in [0.4, 0.5) is 0 Å². The van der Waals surface area contributed by atoms with E-state index in [9.17, 15) is 0 Å². The molecule has 1 rings (SSSR count). The molecule has 1 aliphatic rings. The molecule has 0 aromatic heterocycles. The maximum Gasteiger partial charge on any atom is 0.140 e. The zero-order valence-electron chi connectivity index (χ0n) is 7.81. The first kappa shape index (κ1) is 9.70. The van der Waals surface area contributed by atoms with E-state index in [-0.39, 0.29) is 17.6 Å². The van der Waals surface area contributed by atoms with E-state index in [1.165, 1.54) is 12.5 Å². The molecule has 11 heavy (non-hydrogen) atoms. The fourth-order valence-corrected chi connectivity index (χ4v) is 20.1. The zero-order valence-corrected chi connectivity index (χ0v) is 11.8. The quantitative estimate of drug-likeness (QED) is 0.586. The van der Waals surface area contributed by atoms with Crippen LogP contribution in [0.1, 0.15) is 20.3 Å².